The van der Waals surface area contributed by atoms with Crippen molar-refractivity contribution in [1.82, 2.24) is 4.86 Å². The zero-order chi connectivity index (χ0) is 27.8. The Morgan fingerprint density at radius 1 is 0.564 bits per heavy atom. The highest BCUT2D eigenvalue weighted by molar-refractivity contribution is 7.71. The van der Waals surface area contributed by atoms with E-state index in [1.807, 2.05) is 125 Å². The van der Waals surface area contributed by atoms with Gasteiger partial charge in [0.05, 0.1) is 0 Å². The van der Waals surface area contributed by atoms with Crippen LogP contribution in [0.4, 0.5) is 0 Å². The maximum atomic E-state index is 6.59. The predicted octanol–water partition coefficient (Wildman–Crippen LogP) is 8.44. The third-order valence-electron chi connectivity index (χ3n) is 5.61. The van der Waals surface area contributed by atoms with Crippen molar-refractivity contribution in [1.29, 1.82) is 0 Å². The molecule has 8 nitrogen and oxygen atoms in total. The number of nitrogens with one attached hydrogen (secondary N) is 1. The summed E-state index contributed by atoms with van der Waals surface area (Å²) in [4.78, 5) is 3.38. The molecular formula is C28H33N4O4P3. The molecule has 0 radical (unpaired) electrons. The number of nitrogens with zero attached hydrogens (tertiary/aromatic N) is 1. The van der Waals surface area contributed by atoms with Gasteiger partial charge in [-0.3, -0.25) is 11.0 Å². The molecule has 0 atom stereocenters. The highest BCUT2D eigenvalue weighted by Gasteiger charge is 2.36. The lowest BCUT2D eigenvalue weighted by Crippen LogP contribution is -2.20. The van der Waals surface area contributed by atoms with Gasteiger partial charge in [0.25, 0.3) is 0 Å². The third kappa shape index (κ3) is 8.03. The standard InChI is InChI=1S/C28H33N4O4P3/c1-21-13-5-9-17-25(21)33-38(34-26-18-10-6-14-22(26)2)32-39(31-37(29)30,35-27-19-11-7-15-23(27)3)36-28-20-12-8-16-24(28)4/h5-20,32H,29-30H2,1-4H3. The van der Waals surface area contributed by atoms with Gasteiger partial charge in [-0.05, 0) is 74.2 Å². The van der Waals surface area contributed by atoms with Crippen LogP contribution in [-0.2, 0) is 0 Å². The molecule has 0 saturated carbocycles. The average Bonchev–Trinajstić information content (AvgIpc) is 2.89. The van der Waals surface area contributed by atoms with Gasteiger partial charge in [0, 0.05) is 0 Å². The van der Waals surface area contributed by atoms with Crippen LogP contribution in [0.15, 0.2) is 102 Å². The van der Waals surface area contributed by atoms with Crippen LogP contribution >= 0.6 is 24.6 Å². The molecule has 0 saturated heterocycles. The Morgan fingerprint density at radius 2 is 0.897 bits per heavy atom. The zero-order valence-corrected chi connectivity index (χ0v) is 25.0. The lowest BCUT2D eigenvalue weighted by Gasteiger charge is -2.30. The van der Waals surface area contributed by atoms with Gasteiger partial charge in [0.2, 0.25) is 0 Å². The van der Waals surface area contributed by atoms with Crippen LogP contribution in [0.25, 0.3) is 0 Å². The maximum Gasteiger partial charge on any atom is 0.409 e. The first-order chi connectivity index (χ1) is 18.7. The van der Waals surface area contributed by atoms with E-state index in [9.17, 15) is 0 Å². The van der Waals surface area contributed by atoms with E-state index in [0.717, 1.165) is 22.3 Å². The van der Waals surface area contributed by atoms with Crippen LogP contribution in [0.1, 0.15) is 22.3 Å². The molecule has 5 N–H and O–H groups in total. The van der Waals surface area contributed by atoms with Gasteiger partial charge in [-0.25, -0.2) is 0 Å². The van der Waals surface area contributed by atoms with E-state index in [4.69, 9.17) is 29.1 Å². The zero-order valence-electron chi connectivity index (χ0n) is 22.3. The highest BCUT2D eigenvalue weighted by atomic mass is 31.3. The van der Waals surface area contributed by atoms with Crippen LogP contribution in [0.2, 0.25) is 0 Å². The van der Waals surface area contributed by atoms with E-state index in [0.29, 0.717) is 23.0 Å². The molecule has 0 bridgehead atoms. The second-order valence-electron chi connectivity index (χ2n) is 8.77. The van der Waals surface area contributed by atoms with Gasteiger partial charge < -0.3 is 18.1 Å². The number of rotatable bonds is 11. The fourth-order valence-electron chi connectivity index (χ4n) is 3.50. The molecule has 0 aliphatic heterocycles. The van der Waals surface area contributed by atoms with Crippen molar-refractivity contribution in [3.8, 4) is 23.0 Å². The number of hydrogen-bond donors (Lipinski definition) is 3. The molecule has 11 heteroatoms. The molecule has 0 amide bonds. The van der Waals surface area contributed by atoms with Crippen LogP contribution < -0.4 is 34.0 Å². The van der Waals surface area contributed by atoms with Crippen molar-refractivity contribution in [2.75, 3.05) is 0 Å². The fraction of sp³-hybridized carbons (Fsp3) is 0.143. The van der Waals surface area contributed by atoms with Crippen LogP contribution in [0, 0.1) is 27.7 Å². The van der Waals surface area contributed by atoms with Gasteiger partial charge in [0.1, 0.15) is 23.0 Å². The Morgan fingerprint density at radius 3 is 1.23 bits per heavy atom. The van der Waals surface area contributed by atoms with Crippen molar-refractivity contribution in [2.45, 2.75) is 27.7 Å². The summed E-state index contributed by atoms with van der Waals surface area (Å²) in [6.07, 6.45) is 0. The molecular weight excluding hydrogens is 549 g/mol. The van der Waals surface area contributed by atoms with Crippen LogP contribution in [-0.4, -0.2) is 0 Å². The maximum absolute atomic E-state index is 6.59. The quantitative estimate of drug-likeness (QED) is 0.152. The third-order valence-corrected chi connectivity index (χ3v) is 10.7. The molecule has 0 aliphatic rings. The molecule has 39 heavy (non-hydrogen) atoms. The number of aryl methyl sites for hydroxylation is 4. The monoisotopic (exact) mass is 582 g/mol. The Bertz CT molecular complexity index is 1370. The van der Waals surface area contributed by atoms with Gasteiger partial charge in [-0.2, -0.15) is 4.52 Å². The summed E-state index contributed by atoms with van der Waals surface area (Å²) in [5, 5.41) is 0. The second-order valence-corrected chi connectivity index (χ2v) is 13.3. The molecule has 0 aliphatic carbocycles. The molecule has 0 fully saturated rings. The van der Waals surface area contributed by atoms with Gasteiger partial charge >= 0.3 is 16.2 Å². The molecule has 0 heterocycles. The summed E-state index contributed by atoms with van der Waals surface area (Å²) >= 11 is 0. The summed E-state index contributed by atoms with van der Waals surface area (Å²) < 4.78 is 30.8. The van der Waals surface area contributed by atoms with Crippen molar-refractivity contribution in [2.24, 2.45) is 15.5 Å². The van der Waals surface area contributed by atoms with Crippen molar-refractivity contribution >= 4 is 24.6 Å². The van der Waals surface area contributed by atoms with E-state index >= 15 is 0 Å². The minimum Gasteiger partial charge on any atom is -0.427 e. The molecule has 0 aromatic heterocycles. The van der Waals surface area contributed by atoms with E-state index in [1.54, 1.807) is 0 Å². The van der Waals surface area contributed by atoms with E-state index in [2.05, 4.69) is 9.37 Å². The summed E-state index contributed by atoms with van der Waals surface area (Å²) in [7, 11) is -7.20. The minimum absolute atomic E-state index is 0.578. The first kappa shape index (κ1) is 29.0. The second kappa shape index (κ2) is 13.4. The first-order valence-electron chi connectivity index (χ1n) is 12.2. The Labute approximate surface area is 232 Å². The topological polar surface area (TPSA) is 113 Å². The predicted molar refractivity (Wildman–Crippen MR) is 162 cm³/mol. The highest BCUT2D eigenvalue weighted by Crippen LogP contribution is 2.59. The van der Waals surface area contributed by atoms with Crippen LogP contribution in [0.5, 0.6) is 23.0 Å². The molecule has 4 rings (SSSR count). The van der Waals surface area contributed by atoms with Crippen molar-refractivity contribution < 1.29 is 18.1 Å². The smallest absolute Gasteiger partial charge is 0.409 e. The van der Waals surface area contributed by atoms with Crippen LogP contribution in [0.3, 0.4) is 0 Å². The Balaban J connectivity index is 1.83. The lowest BCUT2D eigenvalue weighted by molar-refractivity contribution is 0.447. The summed E-state index contributed by atoms with van der Waals surface area (Å²) in [6, 6.07) is 30.6. The molecule has 4 aromatic carbocycles. The number of nitrogens with two attached hydrogens (primary N) is 2. The molecule has 0 unspecified atom stereocenters. The molecule has 0 spiro atoms. The van der Waals surface area contributed by atoms with Gasteiger partial charge in [-0.15, -0.1) is 4.86 Å². The summed E-state index contributed by atoms with van der Waals surface area (Å²) in [5.74, 6) is 2.46. The molecule has 204 valence electrons. The van der Waals surface area contributed by atoms with Crippen molar-refractivity contribution in [3.05, 3.63) is 119 Å². The first-order valence-corrected chi connectivity index (χ1v) is 16.4. The summed E-state index contributed by atoms with van der Waals surface area (Å²) in [6.45, 7) is 7.83. The molecule has 4 aromatic rings. The van der Waals surface area contributed by atoms with E-state index in [1.165, 1.54) is 0 Å². The van der Waals surface area contributed by atoms with Gasteiger partial charge in [-0.1, -0.05) is 72.8 Å². The Hall–Kier alpha value is -2.95. The summed E-state index contributed by atoms with van der Waals surface area (Å²) in [5.41, 5.74) is 15.9. The SMILES string of the molecule is Cc1ccccc1OP(NP(=NP(N)N)(Oc1ccccc1C)Oc1ccccc1C)Oc1ccccc1C. The number of hydrogen-bond acceptors (Lipinski definition) is 7. The lowest BCUT2D eigenvalue weighted by atomic mass is 10.2. The largest absolute Gasteiger partial charge is 0.427 e. The Kier molecular flexibility index (Phi) is 9.99. The normalized spacial score (nSPS) is 11.4. The minimum atomic E-state index is -3.48. The van der Waals surface area contributed by atoms with Gasteiger partial charge in [0.15, 0.2) is 8.37 Å². The number of benzene rings is 4. The van der Waals surface area contributed by atoms with E-state index in [-0.39, 0.29) is 0 Å². The number of para-hydroxylation sites is 4. The average molecular weight is 583 g/mol. The van der Waals surface area contributed by atoms with E-state index < -0.39 is 24.6 Å². The van der Waals surface area contributed by atoms with Crippen molar-refractivity contribution in [3.63, 3.8) is 0 Å². The fourth-order valence-corrected chi connectivity index (χ4v) is 8.66.